The third-order valence-electron chi connectivity index (χ3n) is 2.68. The summed E-state index contributed by atoms with van der Waals surface area (Å²) in [5.41, 5.74) is 4.74. The van der Waals surface area contributed by atoms with E-state index < -0.39 is 0 Å². The highest BCUT2D eigenvalue weighted by Gasteiger charge is 1.97. The molecule has 0 aliphatic heterocycles. The summed E-state index contributed by atoms with van der Waals surface area (Å²) in [7, 11) is 3.85. The molecule has 0 radical (unpaired) electrons. The topological polar surface area (TPSA) is 106 Å². The molecule has 0 saturated carbocycles. The molecule has 114 valence electrons. The van der Waals surface area contributed by atoms with Crippen LogP contribution in [0.4, 0.5) is 11.4 Å². The fourth-order valence-corrected chi connectivity index (χ4v) is 1.66. The Balaban J connectivity index is 0.000000639. The van der Waals surface area contributed by atoms with E-state index in [1.165, 1.54) is 11.1 Å². The Morgan fingerprint density at radius 2 is 0.909 bits per heavy atom. The van der Waals surface area contributed by atoms with Crippen molar-refractivity contribution in [3.63, 3.8) is 0 Å². The van der Waals surface area contributed by atoms with Gasteiger partial charge in [-0.1, -0.05) is 24.3 Å². The van der Waals surface area contributed by atoms with Gasteiger partial charge in [-0.3, -0.25) is 0 Å². The van der Waals surface area contributed by atoms with Gasteiger partial charge in [-0.15, -0.1) is 0 Å². The first-order valence-corrected chi connectivity index (χ1v) is 6.30. The van der Waals surface area contributed by atoms with Crippen molar-refractivity contribution in [2.24, 2.45) is 0 Å². The molecule has 0 spiro atoms. The fraction of sp³-hybridized carbons (Fsp3) is 0.125. The summed E-state index contributed by atoms with van der Waals surface area (Å²) in [6.07, 6.45) is 1.50. The fourth-order valence-electron chi connectivity index (χ4n) is 1.66. The van der Waals surface area contributed by atoms with Crippen molar-refractivity contribution in [2.75, 3.05) is 24.7 Å². The second-order valence-electron chi connectivity index (χ2n) is 3.86. The van der Waals surface area contributed by atoms with Crippen LogP contribution in [0.25, 0.3) is 11.1 Å². The van der Waals surface area contributed by atoms with E-state index in [1.807, 2.05) is 14.1 Å². The summed E-state index contributed by atoms with van der Waals surface area (Å²) < 4.78 is 0. The molecule has 4 N–H and O–H groups in total. The number of hydrogen-bond acceptors (Lipinski definition) is 6. The van der Waals surface area contributed by atoms with Crippen LogP contribution in [0.2, 0.25) is 0 Å². The van der Waals surface area contributed by atoms with Crippen LogP contribution in [0.5, 0.6) is 0 Å². The molecular formula is C16H18N4O2. The predicted octanol–water partition coefficient (Wildman–Crippen LogP) is 3.24. The number of hydrogen-bond donors (Lipinski definition) is 4. The normalized spacial score (nSPS) is 7.91. The number of nitrogens with one attached hydrogen (secondary N) is 4. The standard InChI is InChI=1S/C14H16N2.2CHNO/c1-15-13-7-3-11(4-8-13)12-5-9-14(16-2)10-6-12;2*2-1-3/h3-10,15-16H,1-2H3;2*2H. The smallest absolute Gasteiger partial charge is 0.231 e. The maximum absolute atomic E-state index is 8.35. The van der Waals surface area contributed by atoms with E-state index >= 15 is 0 Å². The van der Waals surface area contributed by atoms with E-state index in [1.54, 1.807) is 0 Å². The Morgan fingerprint density at radius 3 is 1.09 bits per heavy atom. The summed E-state index contributed by atoms with van der Waals surface area (Å²) in [4.78, 5) is 16.7. The molecule has 0 fully saturated rings. The highest BCUT2D eigenvalue weighted by atomic mass is 16.1. The summed E-state index contributed by atoms with van der Waals surface area (Å²) in [5, 5.41) is 17.0. The molecule has 2 rings (SSSR count). The molecule has 0 amide bonds. The van der Waals surface area contributed by atoms with Gasteiger partial charge in [-0.25, -0.2) is 20.4 Å². The first-order valence-electron chi connectivity index (χ1n) is 6.30. The van der Waals surface area contributed by atoms with Crippen molar-refractivity contribution < 1.29 is 9.59 Å². The molecule has 0 bridgehead atoms. The SMILES string of the molecule is CNc1ccc(-c2ccc(NC)cc2)cc1.N=C=O.N=C=O. The summed E-state index contributed by atoms with van der Waals surface area (Å²) in [5.74, 6) is 0. The number of isocyanates is 2. The van der Waals surface area contributed by atoms with Gasteiger partial charge in [0.1, 0.15) is 0 Å². The molecule has 0 heterocycles. The van der Waals surface area contributed by atoms with E-state index in [2.05, 4.69) is 59.2 Å². The largest absolute Gasteiger partial charge is 0.388 e. The van der Waals surface area contributed by atoms with Gasteiger partial charge in [0.05, 0.1) is 0 Å². The van der Waals surface area contributed by atoms with Crippen molar-refractivity contribution in [3.8, 4) is 11.1 Å². The van der Waals surface area contributed by atoms with Gasteiger partial charge in [-0.05, 0) is 35.4 Å². The molecule has 6 nitrogen and oxygen atoms in total. The highest BCUT2D eigenvalue weighted by Crippen LogP contribution is 2.22. The predicted molar refractivity (Wildman–Crippen MR) is 87.8 cm³/mol. The van der Waals surface area contributed by atoms with E-state index in [-0.39, 0.29) is 0 Å². The van der Waals surface area contributed by atoms with Crippen LogP contribution in [0.15, 0.2) is 48.5 Å². The van der Waals surface area contributed by atoms with Gasteiger partial charge in [0.2, 0.25) is 12.2 Å². The molecule has 0 aliphatic rings. The molecule has 6 heteroatoms. The van der Waals surface area contributed by atoms with Gasteiger partial charge in [0.15, 0.2) is 0 Å². The lowest BCUT2D eigenvalue weighted by atomic mass is 10.1. The Bertz CT molecular complexity index is 552. The quantitative estimate of drug-likeness (QED) is 0.515. The zero-order valence-corrected chi connectivity index (χ0v) is 12.4. The molecular weight excluding hydrogens is 280 g/mol. The van der Waals surface area contributed by atoms with Crippen LogP contribution in [-0.2, 0) is 9.59 Å². The van der Waals surface area contributed by atoms with Gasteiger partial charge in [-0.2, -0.15) is 0 Å². The molecule has 22 heavy (non-hydrogen) atoms. The summed E-state index contributed by atoms with van der Waals surface area (Å²) in [6.45, 7) is 0. The zero-order chi connectivity index (χ0) is 16.8. The number of anilines is 2. The maximum atomic E-state index is 8.35. The van der Waals surface area contributed by atoms with Crippen LogP contribution in [0.1, 0.15) is 0 Å². The molecule has 0 atom stereocenters. The van der Waals surface area contributed by atoms with E-state index in [0.717, 1.165) is 23.5 Å². The third-order valence-corrected chi connectivity index (χ3v) is 2.68. The minimum absolute atomic E-state index is 0.750. The summed E-state index contributed by atoms with van der Waals surface area (Å²) in [6, 6.07) is 16.8. The van der Waals surface area contributed by atoms with E-state index in [9.17, 15) is 0 Å². The maximum Gasteiger partial charge on any atom is 0.231 e. The lowest BCUT2D eigenvalue weighted by Crippen LogP contribution is -1.88. The Hall–Kier alpha value is -3.20. The van der Waals surface area contributed by atoms with Crippen molar-refractivity contribution in [3.05, 3.63) is 48.5 Å². The molecule has 2 aromatic carbocycles. The first kappa shape index (κ1) is 18.8. The molecule has 2 aromatic rings. The second kappa shape index (κ2) is 11.6. The minimum atomic E-state index is 0.750. The molecule has 0 aromatic heterocycles. The van der Waals surface area contributed by atoms with Crippen molar-refractivity contribution in [1.82, 2.24) is 0 Å². The number of benzene rings is 2. The Morgan fingerprint density at radius 1 is 0.682 bits per heavy atom. The van der Waals surface area contributed by atoms with Gasteiger partial charge >= 0.3 is 0 Å². The molecule has 0 aliphatic carbocycles. The lowest BCUT2D eigenvalue weighted by Gasteiger charge is -2.05. The Kier molecular flexibility index (Phi) is 9.92. The van der Waals surface area contributed by atoms with Gasteiger partial charge in [0.25, 0.3) is 0 Å². The van der Waals surface area contributed by atoms with Crippen LogP contribution in [-0.4, -0.2) is 26.3 Å². The lowest BCUT2D eigenvalue weighted by molar-refractivity contribution is 0.562. The van der Waals surface area contributed by atoms with Crippen LogP contribution < -0.4 is 10.6 Å². The van der Waals surface area contributed by atoms with Crippen LogP contribution in [0.3, 0.4) is 0 Å². The molecule has 0 unspecified atom stereocenters. The second-order valence-corrected chi connectivity index (χ2v) is 3.86. The molecule has 0 saturated heterocycles. The van der Waals surface area contributed by atoms with Crippen LogP contribution >= 0.6 is 0 Å². The number of rotatable bonds is 3. The van der Waals surface area contributed by atoms with Crippen molar-refractivity contribution in [1.29, 1.82) is 10.8 Å². The highest BCUT2D eigenvalue weighted by molar-refractivity contribution is 5.67. The average molecular weight is 298 g/mol. The van der Waals surface area contributed by atoms with Crippen molar-refractivity contribution >= 4 is 23.5 Å². The minimum Gasteiger partial charge on any atom is -0.388 e. The monoisotopic (exact) mass is 298 g/mol. The van der Waals surface area contributed by atoms with Crippen molar-refractivity contribution in [2.45, 2.75) is 0 Å². The number of carbonyl (C=O) groups excluding carboxylic acids is 2. The van der Waals surface area contributed by atoms with Crippen LogP contribution in [0, 0.1) is 10.8 Å². The third kappa shape index (κ3) is 6.82. The first-order chi connectivity index (χ1) is 10.7. The zero-order valence-electron chi connectivity index (χ0n) is 12.4. The van der Waals surface area contributed by atoms with Gasteiger partial charge in [0, 0.05) is 25.5 Å². The Labute approximate surface area is 129 Å². The van der Waals surface area contributed by atoms with Gasteiger partial charge < -0.3 is 10.6 Å². The van der Waals surface area contributed by atoms with E-state index in [0.29, 0.717) is 0 Å². The average Bonchev–Trinajstić information content (AvgIpc) is 2.56. The summed E-state index contributed by atoms with van der Waals surface area (Å²) >= 11 is 0. The van der Waals surface area contributed by atoms with E-state index in [4.69, 9.17) is 20.4 Å².